The summed E-state index contributed by atoms with van der Waals surface area (Å²) in [6.45, 7) is 3.16. The average Bonchev–Trinajstić information content (AvgIpc) is 2.69. The highest BCUT2D eigenvalue weighted by Gasteiger charge is 2.14. The van der Waals surface area contributed by atoms with Gasteiger partial charge in [0, 0.05) is 24.3 Å². The van der Waals surface area contributed by atoms with Crippen LogP contribution in [-0.4, -0.2) is 56.7 Å². The zero-order valence-electron chi connectivity index (χ0n) is 15.2. The van der Waals surface area contributed by atoms with Crippen LogP contribution >= 0.6 is 0 Å². The smallest absolute Gasteiger partial charge is 0.255 e. The molecule has 27 heavy (non-hydrogen) atoms. The number of ether oxygens (including phenoxy) is 2. The molecule has 2 amide bonds. The molecular weight excluding hydrogens is 346 g/mol. The molecule has 1 heterocycles. The normalized spacial score (nSPS) is 14.4. The summed E-state index contributed by atoms with van der Waals surface area (Å²) >= 11 is 0. The van der Waals surface area contributed by atoms with Crippen molar-refractivity contribution >= 4 is 23.2 Å². The molecule has 2 aromatic rings. The lowest BCUT2D eigenvalue weighted by Gasteiger charge is -2.25. The number of hydrogen-bond donors (Lipinski definition) is 2. The Kier molecular flexibility index (Phi) is 6.40. The molecule has 1 saturated heterocycles. The maximum absolute atomic E-state index is 12.4. The number of morpholine rings is 1. The highest BCUT2D eigenvalue weighted by Crippen LogP contribution is 2.23. The molecular formula is C20H23N3O4. The maximum atomic E-state index is 12.4. The van der Waals surface area contributed by atoms with E-state index in [-0.39, 0.29) is 11.8 Å². The van der Waals surface area contributed by atoms with Gasteiger partial charge >= 0.3 is 0 Å². The highest BCUT2D eigenvalue weighted by molar-refractivity contribution is 6.05. The zero-order valence-corrected chi connectivity index (χ0v) is 15.2. The van der Waals surface area contributed by atoms with Crippen molar-refractivity contribution in [2.75, 3.05) is 50.6 Å². The minimum Gasteiger partial charge on any atom is -0.495 e. The van der Waals surface area contributed by atoms with E-state index >= 15 is 0 Å². The minimum absolute atomic E-state index is 0.0804. The van der Waals surface area contributed by atoms with Crippen molar-refractivity contribution in [3.63, 3.8) is 0 Å². The van der Waals surface area contributed by atoms with E-state index in [9.17, 15) is 9.59 Å². The molecule has 0 unspecified atom stereocenters. The molecule has 7 heteroatoms. The lowest BCUT2D eigenvalue weighted by atomic mass is 10.2. The Hall–Kier alpha value is -2.90. The van der Waals surface area contributed by atoms with E-state index in [1.807, 2.05) is 17.0 Å². The number of carbonyl (C=O) groups is 2. The van der Waals surface area contributed by atoms with Crippen LogP contribution in [0.15, 0.2) is 48.5 Å². The van der Waals surface area contributed by atoms with Gasteiger partial charge in [0.05, 0.1) is 32.6 Å². The first-order valence-electron chi connectivity index (χ1n) is 8.80. The Bertz CT molecular complexity index is 786. The van der Waals surface area contributed by atoms with E-state index in [1.165, 1.54) is 0 Å². The van der Waals surface area contributed by atoms with Gasteiger partial charge in [0.15, 0.2) is 0 Å². The fraction of sp³-hybridized carbons (Fsp3) is 0.300. The summed E-state index contributed by atoms with van der Waals surface area (Å²) in [5.74, 6) is 0.270. The molecule has 3 rings (SSSR count). The van der Waals surface area contributed by atoms with E-state index in [0.717, 1.165) is 13.1 Å². The molecule has 0 bridgehead atoms. The predicted octanol–water partition coefficient (Wildman–Crippen LogP) is 2.22. The molecule has 0 aliphatic carbocycles. The second-order valence-corrected chi connectivity index (χ2v) is 6.17. The van der Waals surface area contributed by atoms with Gasteiger partial charge in [0.1, 0.15) is 5.75 Å². The third-order valence-corrected chi connectivity index (χ3v) is 4.26. The van der Waals surface area contributed by atoms with Crippen molar-refractivity contribution in [2.24, 2.45) is 0 Å². The first-order chi connectivity index (χ1) is 13.2. The Morgan fingerprint density at radius 3 is 2.44 bits per heavy atom. The van der Waals surface area contributed by atoms with E-state index < -0.39 is 0 Å². The third kappa shape index (κ3) is 5.29. The van der Waals surface area contributed by atoms with E-state index in [2.05, 4.69) is 10.6 Å². The van der Waals surface area contributed by atoms with Crippen LogP contribution in [0.25, 0.3) is 0 Å². The van der Waals surface area contributed by atoms with E-state index in [1.54, 1.807) is 43.5 Å². The fourth-order valence-corrected chi connectivity index (χ4v) is 2.81. The van der Waals surface area contributed by atoms with Crippen LogP contribution in [0.2, 0.25) is 0 Å². The SMILES string of the molecule is COc1ccccc1NC(=O)c1ccc(NC(=O)CN2CCOCC2)cc1. The van der Waals surface area contributed by atoms with Crippen LogP contribution in [0.3, 0.4) is 0 Å². The minimum atomic E-state index is -0.245. The summed E-state index contributed by atoms with van der Waals surface area (Å²) in [5.41, 5.74) is 1.75. The molecule has 0 atom stereocenters. The summed E-state index contributed by atoms with van der Waals surface area (Å²) in [6.07, 6.45) is 0. The lowest BCUT2D eigenvalue weighted by molar-refractivity contribution is -0.118. The Morgan fingerprint density at radius 1 is 1.04 bits per heavy atom. The maximum Gasteiger partial charge on any atom is 0.255 e. The number of hydrogen-bond acceptors (Lipinski definition) is 5. The number of para-hydroxylation sites is 2. The third-order valence-electron chi connectivity index (χ3n) is 4.26. The van der Waals surface area contributed by atoms with Crippen LogP contribution < -0.4 is 15.4 Å². The van der Waals surface area contributed by atoms with Crippen LogP contribution in [0.5, 0.6) is 5.75 Å². The van der Waals surface area contributed by atoms with Gasteiger partial charge in [-0.25, -0.2) is 0 Å². The van der Waals surface area contributed by atoms with Crippen LogP contribution in [0.4, 0.5) is 11.4 Å². The van der Waals surface area contributed by atoms with Crippen molar-refractivity contribution in [3.05, 3.63) is 54.1 Å². The van der Waals surface area contributed by atoms with Gasteiger partial charge in [-0.15, -0.1) is 0 Å². The molecule has 1 aliphatic rings. The molecule has 0 radical (unpaired) electrons. The Morgan fingerprint density at radius 2 is 1.74 bits per heavy atom. The first-order valence-corrected chi connectivity index (χ1v) is 8.80. The van der Waals surface area contributed by atoms with Crippen LogP contribution in [-0.2, 0) is 9.53 Å². The molecule has 1 fully saturated rings. The number of methoxy groups -OCH3 is 1. The van der Waals surface area contributed by atoms with Gasteiger partial charge in [-0.3, -0.25) is 14.5 Å². The number of carbonyl (C=O) groups excluding carboxylic acids is 2. The molecule has 0 aromatic heterocycles. The van der Waals surface area contributed by atoms with Crippen LogP contribution in [0, 0.1) is 0 Å². The highest BCUT2D eigenvalue weighted by atomic mass is 16.5. The Balaban J connectivity index is 1.56. The Labute approximate surface area is 158 Å². The first kappa shape index (κ1) is 18.9. The summed E-state index contributed by atoms with van der Waals surface area (Å²) < 4.78 is 10.5. The second kappa shape index (κ2) is 9.16. The molecule has 2 aromatic carbocycles. The average molecular weight is 369 g/mol. The number of anilines is 2. The predicted molar refractivity (Wildman–Crippen MR) is 103 cm³/mol. The van der Waals surface area contributed by atoms with Gasteiger partial charge in [-0.2, -0.15) is 0 Å². The van der Waals surface area contributed by atoms with Crippen LogP contribution in [0.1, 0.15) is 10.4 Å². The second-order valence-electron chi connectivity index (χ2n) is 6.17. The summed E-state index contributed by atoms with van der Waals surface area (Å²) in [7, 11) is 1.55. The van der Waals surface area contributed by atoms with Crippen molar-refractivity contribution in [1.29, 1.82) is 0 Å². The molecule has 2 N–H and O–H groups in total. The van der Waals surface area contributed by atoms with E-state index in [0.29, 0.717) is 42.4 Å². The summed E-state index contributed by atoms with van der Waals surface area (Å²) in [6, 6.07) is 14.0. The largest absolute Gasteiger partial charge is 0.495 e. The number of rotatable bonds is 6. The van der Waals surface area contributed by atoms with Gasteiger partial charge in [-0.05, 0) is 36.4 Å². The molecule has 7 nitrogen and oxygen atoms in total. The quantitative estimate of drug-likeness (QED) is 0.816. The number of nitrogens with one attached hydrogen (secondary N) is 2. The van der Waals surface area contributed by atoms with Gasteiger partial charge in [0.2, 0.25) is 5.91 Å². The fourth-order valence-electron chi connectivity index (χ4n) is 2.81. The van der Waals surface area contributed by atoms with Crippen molar-refractivity contribution in [3.8, 4) is 5.75 Å². The standard InChI is InChI=1S/C20H23N3O4/c1-26-18-5-3-2-4-17(18)22-20(25)15-6-8-16(9-7-15)21-19(24)14-23-10-12-27-13-11-23/h2-9H,10-14H2,1H3,(H,21,24)(H,22,25). The zero-order chi connectivity index (χ0) is 19.1. The molecule has 1 aliphatic heterocycles. The van der Waals surface area contributed by atoms with E-state index in [4.69, 9.17) is 9.47 Å². The number of benzene rings is 2. The molecule has 0 saturated carbocycles. The van der Waals surface area contributed by atoms with Crippen molar-refractivity contribution in [2.45, 2.75) is 0 Å². The number of amides is 2. The lowest BCUT2D eigenvalue weighted by Crippen LogP contribution is -2.41. The van der Waals surface area contributed by atoms with Crippen molar-refractivity contribution < 1.29 is 19.1 Å². The summed E-state index contributed by atoms with van der Waals surface area (Å²) in [4.78, 5) is 26.6. The number of nitrogens with zero attached hydrogens (tertiary/aromatic N) is 1. The monoisotopic (exact) mass is 369 g/mol. The van der Waals surface area contributed by atoms with Gasteiger partial charge in [0.25, 0.3) is 5.91 Å². The van der Waals surface area contributed by atoms with Gasteiger partial charge in [-0.1, -0.05) is 12.1 Å². The van der Waals surface area contributed by atoms with Crippen molar-refractivity contribution in [1.82, 2.24) is 4.90 Å². The van der Waals surface area contributed by atoms with Gasteiger partial charge < -0.3 is 20.1 Å². The molecule has 0 spiro atoms. The summed E-state index contributed by atoms with van der Waals surface area (Å²) in [5, 5.41) is 5.67. The topological polar surface area (TPSA) is 79.9 Å². The molecule has 142 valence electrons.